The maximum atomic E-state index is 12.8. The standard InChI is InChI=1S/C23H23BrN2O5/c1-13(27)20-19(25-17-8-6-16(24)7-9-17)12-23(3,29)22(14(2)28)21(20)15-4-10-18(11-5-15)26(30)31/h4-11,21-22,25,29H,12H2,1-3H3/t21-,22-,23+/m0/s1. The van der Waals surface area contributed by atoms with Crippen molar-refractivity contribution in [3.05, 3.63) is 80.0 Å². The van der Waals surface area contributed by atoms with E-state index in [-0.39, 0.29) is 23.7 Å². The Bertz CT molecular complexity index is 1060. The second-order valence-electron chi connectivity index (χ2n) is 8.03. The minimum atomic E-state index is -1.42. The quantitative estimate of drug-likeness (QED) is 0.450. The number of hydrogen-bond acceptors (Lipinski definition) is 6. The summed E-state index contributed by atoms with van der Waals surface area (Å²) in [5.74, 6) is -2.10. The van der Waals surface area contributed by atoms with E-state index in [9.17, 15) is 24.8 Å². The molecule has 0 aliphatic heterocycles. The van der Waals surface area contributed by atoms with Crippen molar-refractivity contribution in [1.82, 2.24) is 0 Å². The molecule has 0 unspecified atom stereocenters. The Labute approximate surface area is 188 Å². The second-order valence-corrected chi connectivity index (χ2v) is 8.94. The van der Waals surface area contributed by atoms with E-state index in [4.69, 9.17) is 0 Å². The van der Waals surface area contributed by atoms with Crippen LogP contribution in [0.25, 0.3) is 0 Å². The summed E-state index contributed by atoms with van der Waals surface area (Å²) < 4.78 is 0.898. The summed E-state index contributed by atoms with van der Waals surface area (Å²) >= 11 is 3.38. The van der Waals surface area contributed by atoms with Crippen molar-refractivity contribution in [2.24, 2.45) is 5.92 Å². The van der Waals surface area contributed by atoms with Crippen LogP contribution in [0.4, 0.5) is 11.4 Å². The van der Waals surface area contributed by atoms with Gasteiger partial charge in [0.15, 0.2) is 5.78 Å². The Hall–Kier alpha value is -2.84. The number of anilines is 1. The Balaban J connectivity index is 2.19. The number of Topliss-reactive ketones (excluding diaryl/α,β-unsaturated/α-hetero) is 2. The van der Waals surface area contributed by atoms with Gasteiger partial charge in [0.2, 0.25) is 0 Å². The molecule has 0 bridgehead atoms. The number of rotatable bonds is 6. The SMILES string of the molecule is CC(=O)C1=C(Nc2ccc(Br)cc2)C[C@@](C)(O)[C@@H](C(C)=O)[C@H]1c1ccc([N+](=O)[O-])cc1. The van der Waals surface area contributed by atoms with Crippen LogP contribution < -0.4 is 5.32 Å². The van der Waals surface area contributed by atoms with Crippen LogP contribution in [0.15, 0.2) is 64.3 Å². The van der Waals surface area contributed by atoms with E-state index in [1.54, 1.807) is 19.1 Å². The molecule has 0 amide bonds. The van der Waals surface area contributed by atoms with Gasteiger partial charge in [0.1, 0.15) is 5.78 Å². The van der Waals surface area contributed by atoms with E-state index in [0.29, 0.717) is 16.8 Å². The van der Waals surface area contributed by atoms with Crippen LogP contribution in [0.3, 0.4) is 0 Å². The van der Waals surface area contributed by atoms with Gasteiger partial charge in [0, 0.05) is 45.9 Å². The molecule has 8 heteroatoms. The van der Waals surface area contributed by atoms with Crippen LogP contribution in [-0.4, -0.2) is 27.2 Å². The van der Waals surface area contributed by atoms with Crippen LogP contribution in [0.2, 0.25) is 0 Å². The average molecular weight is 487 g/mol. The summed E-state index contributed by atoms with van der Waals surface area (Å²) in [6.07, 6.45) is 0.0890. The Morgan fingerprint density at radius 2 is 1.71 bits per heavy atom. The van der Waals surface area contributed by atoms with Gasteiger partial charge in [0.05, 0.1) is 16.4 Å². The molecule has 162 valence electrons. The number of aliphatic hydroxyl groups is 1. The first-order valence-corrected chi connectivity index (χ1v) is 10.5. The molecule has 2 aromatic rings. The molecular weight excluding hydrogens is 464 g/mol. The van der Waals surface area contributed by atoms with Gasteiger partial charge in [-0.2, -0.15) is 0 Å². The fraction of sp³-hybridized carbons (Fsp3) is 0.304. The molecular formula is C23H23BrN2O5. The third-order valence-electron chi connectivity index (χ3n) is 5.59. The molecule has 0 heterocycles. The van der Waals surface area contributed by atoms with Gasteiger partial charge < -0.3 is 10.4 Å². The van der Waals surface area contributed by atoms with Gasteiger partial charge in [-0.15, -0.1) is 0 Å². The van der Waals surface area contributed by atoms with E-state index < -0.39 is 22.4 Å². The number of allylic oxidation sites excluding steroid dienone is 1. The average Bonchev–Trinajstić information content (AvgIpc) is 2.68. The first-order chi connectivity index (χ1) is 14.5. The highest BCUT2D eigenvalue weighted by atomic mass is 79.9. The molecule has 1 aliphatic rings. The topological polar surface area (TPSA) is 110 Å². The number of benzene rings is 2. The smallest absolute Gasteiger partial charge is 0.269 e. The third kappa shape index (κ3) is 4.75. The van der Waals surface area contributed by atoms with Crippen molar-refractivity contribution >= 4 is 38.9 Å². The molecule has 1 aliphatic carbocycles. The van der Waals surface area contributed by atoms with Gasteiger partial charge >= 0.3 is 0 Å². The van der Waals surface area contributed by atoms with Gasteiger partial charge in [0.25, 0.3) is 5.69 Å². The third-order valence-corrected chi connectivity index (χ3v) is 6.12. The molecule has 0 saturated heterocycles. The monoisotopic (exact) mass is 486 g/mol. The van der Waals surface area contributed by atoms with E-state index in [2.05, 4.69) is 21.2 Å². The first kappa shape index (κ1) is 22.8. The lowest BCUT2D eigenvalue weighted by Gasteiger charge is -2.43. The van der Waals surface area contributed by atoms with Crippen molar-refractivity contribution in [3.63, 3.8) is 0 Å². The zero-order valence-electron chi connectivity index (χ0n) is 17.4. The largest absolute Gasteiger partial charge is 0.389 e. The molecule has 2 N–H and O–H groups in total. The summed E-state index contributed by atoms with van der Waals surface area (Å²) in [5, 5.41) is 25.5. The number of halogens is 1. The molecule has 0 fully saturated rings. The van der Waals surface area contributed by atoms with E-state index in [0.717, 1.165) is 10.2 Å². The Morgan fingerprint density at radius 1 is 1.13 bits per heavy atom. The molecule has 3 atom stereocenters. The lowest BCUT2D eigenvalue weighted by Crippen LogP contribution is -2.48. The minimum Gasteiger partial charge on any atom is -0.389 e. The highest BCUT2D eigenvalue weighted by Crippen LogP contribution is 2.48. The molecule has 0 spiro atoms. The van der Waals surface area contributed by atoms with Crippen molar-refractivity contribution in [1.29, 1.82) is 0 Å². The van der Waals surface area contributed by atoms with Gasteiger partial charge in [-0.3, -0.25) is 19.7 Å². The van der Waals surface area contributed by atoms with E-state index in [1.807, 2.05) is 24.3 Å². The maximum absolute atomic E-state index is 12.8. The number of nitrogens with one attached hydrogen (secondary N) is 1. The zero-order valence-corrected chi connectivity index (χ0v) is 19.0. The number of carbonyl (C=O) groups is 2. The number of non-ortho nitro benzene ring substituents is 1. The van der Waals surface area contributed by atoms with Crippen molar-refractivity contribution in [2.45, 2.75) is 38.7 Å². The predicted molar refractivity (Wildman–Crippen MR) is 121 cm³/mol. The van der Waals surface area contributed by atoms with Gasteiger partial charge in [-0.05, 0) is 50.6 Å². The van der Waals surface area contributed by atoms with Crippen LogP contribution in [0, 0.1) is 16.0 Å². The van der Waals surface area contributed by atoms with Crippen LogP contribution >= 0.6 is 15.9 Å². The zero-order chi connectivity index (χ0) is 22.9. The predicted octanol–water partition coefficient (Wildman–Crippen LogP) is 4.76. The van der Waals surface area contributed by atoms with E-state index >= 15 is 0 Å². The van der Waals surface area contributed by atoms with E-state index in [1.165, 1.54) is 26.0 Å². The highest BCUT2D eigenvalue weighted by Gasteiger charge is 2.49. The summed E-state index contributed by atoms with van der Waals surface area (Å²) in [6, 6.07) is 13.1. The summed E-state index contributed by atoms with van der Waals surface area (Å²) in [6.45, 7) is 4.40. The second kappa shape index (κ2) is 8.72. The molecule has 0 radical (unpaired) electrons. The normalized spacial score (nSPS) is 23.4. The minimum absolute atomic E-state index is 0.0890. The maximum Gasteiger partial charge on any atom is 0.269 e. The number of nitrogens with zero attached hydrogens (tertiary/aromatic N) is 1. The highest BCUT2D eigenvalue weighted by molar-refractivity contribution is 9.10. The van der Waals surface area contributed by atoms with Crippen LogP contribution in [0.5, 0.6) is 0 Å². The molecule has 7 nitrogen and oxygen atoms in total. The van der Waals surface area contributed by atoms with Crippen molar-refractivity contribution in [2.75, 3.05) is 5.32 Å². The van der Waals surface area contributed by atoms with Crippen LogP contribution in [-0.2, 0) is 9.59 Å². The molecule has 3 rings (SSSR count). The first-order valence-electron chi connectivity index (χ1n) is 9.75. The number of hydrogen-bond donors (Lipinski definition) is 2. The molecule has 2 aromatic carbocycles. The number of ketones is 2. The number of nitro benzene ring substituents is 1. The Kier molecular flexibility index (Phi) is 6.43. The van der Waals surface area contributed by atoms with Crippen molar-refractivity contribution < 1.29 is 19.6 Å². The fourth-order valence-corrected chi connectivity index (χ4v) is 4.63. The molecule has 0 saturated carbocycles. The summed E-state index contributed by atoms with van der Waals surface area (Å²) in [7, 11) is 0. The lowest BCUT2D eigenvalue weighted by atomic mass is 9.64. The number of carbonyl (C=O) groups excluding carboxylic acids is 2. The molecule has 31 heavy (non-hydrogen) atoms. The van der Waals surface area contributed by atoms with Gasteiger partial charge in [-0.1, -0.05) is 28.1 Å². The van der Waals surface area contributed by atoms with Crippen LogP contribution in [0.1, 0.15) is 38.7 Å². The molecule has 0 aromatic heterocycles. The fourth-order valence-electron chi connectivity index (χ4n) is 4.36. The summed E-state index contributed by atoms with van der Waals surface area (Å²) in [5.41, 5.74) is 0.702. The Morgan fingerprint density at radius 3 is 2.19 bits per heavy atom. The van der Waals surface area contributed by atoms with Gasteiger partial charge in [-0.25, -0.2) is 0 Å². The number of nitro groups is 1. The lowest BCUT2D eigenvalue weighted by molar-refractivity contribution is -0.384. The summed E-state index contributed by atoms with van der Waals surface area (Å²) in [4.78, 5) is 35.9. The van der Waals surface area contributed by atoms with Crippen molar-refractivity contribution in [3.8, 4) is 0 Å².